The molecule has 1 aromatic carbocycles. The van der Waals surface area contributed by atoms with Gasteiger partial charge in [-0.05, 0) is 69.3 Å². The van der Waals surface area contributed by atoms with Crippen LogP contribution >= 0.6 is 12.4 Å². The highest BCUT2D eigenvalue weighted by atomic mass is 35.5. The van der Waals surface area contributed by atoms with Gasteiger partial charge in [0.1, 0.15) is 0 Å². The molecule has 2 saturated heterocycles. The van der Waals surface area contributed by atoms with Crippen molar-refractivity contribution >= 4 is 28.3 Å². The van der Waals surface area contributed by atoms with Crippen molar-refractivity contribution < 1.29 is 13.2 Å². The van der Waals surface area contributed by atoms with Crippen LogP contribution in [-0.2, 0) is 14.8 Å². The first-order chi connectivity index (χ1) is 12.7. The quantitative estimate of drug-likeness (QED) is 0.799. The Morgan fingerprint density at radius 3 is 2.11 bits per heavy atom. The smallest absolute Gasteiger partial charge is 0.243 e. The summed E-state index contributed by atoms with van der Waals surface area (Å²) in [4.78, 5) is 15.0. The summed E-state index contributed by atoms with van der Waals surface area (Å²) in [6.07, 6.45) is 1.95. The minimum atomic E-state index is -3.56. The number of carbonyl (C=O) groups is 1. The number of hydrogen-bond acceptors (Lipinski definition) is 4. The standard InChI is InChI=1S/C20H31N3O3S.ClH/c1-14-12-15(2)17(4)19(16(14)3)27(25,26)23-10-8-22(9-11-23)20(24)18-6-5-7-21-13-18;/h12,18,21H,5-11,13H2,1-4H3;1H. The van der Waals surface area contributed by atoms with E-state index in [1.165, 1.54) is 0 Å². The number of benzene rings is 1. The number of carbonyl (C=O) groups excluding carboxylic acids is 1. The maximum Gasteiger partial charge on any atom is 0.243 e. The Kier molecular flexibility index (Phi) is 7.53. The largest absolute Gasteiger partial charge is 0.340 e. The molecule has 0 spiro atoms. The maximum absolute atomic E-state index is 13.3. The number of amides is 1. The number of halogens is 1. The normalized spacial score (nSPS) is 21.3. The summed E-state index contributed by atoms with van der Waals surface area (Å²) >= 11 is 0. The van der Waals surface area contributed by atoms with Gasteiger partial charge in [-0.2, -0.15) is 4.31 Å². The fourth-order valence-electron chi connectivity index (χ4n) is 4.17. The van der Waals surface area contributed by atoms with Crippen molar-refractivity contribution in [1.29, 1.82) is 0 Å². The predicted octanol–water partition coefficient (Wildman–Crippen LogP) is 2.17. The van der Waals surface area contributed by atoms with Crippen molar-refractivity contribution in [2.24, 2.45) is 5.92 Å². The molecule has 1 aromatic rings. The Balaban J connectivity index is 0.00000280. The van der Waals surface area contributed by atoms with Gasteiger partial charge in [0.25, 0.3) is 0 Å². The van der Waals surface area contributed by atoms with Crippen LogP contribution in [0.2, 0.25) is 0 Å². The van der Waals surface area contributed by atoms with Gasteiger partial charge in [0.2, 0.25) is 15.9 Å². The van der Waals surface area contributed by atoms with Crippen LogP contribution < -0.4 is 5.32 Å². The summed E-state index contributed by atoms with van der Waals surface area (Å²) in [6, 6.07) is 2.04. The molecule has 0 radical (unpaired) electrons. The minimum absolute atomic E-state index is 0. The molecular weight excluding hydrogens is 398 g/mol. The second-order valence-electron chi connectivity index (χ2n) is 7.86. The summed E-state index contributed by atoms with van der Waals surface area (Å²) < 4.78 is 28.2. The molecule has 1 N–H and O–H groups in total. The van der Waals surface area contributed by atoms with Crippen LogP contribution in [0.5, 0.6) is 0 Å². The zero-order chi connectivity index (χ0) is 19.8. The highest BCUT2D eigenvalue weighted by molar-refractivity contribution is 7.89. The average molecular weight is 430 g/mol. The van der Waals surface area contributed by atoms with E-state index < -0.39 is 10.0 Å². The summed E-state index contributed by atoms with van der Waals surface area (Å²) in [5.74, 6) is 0.198. The molecular formula is C20H32ClN3O3S. The molecule has 2 aliphatic rings. The molecule has 8 heteroatoms. The SMILES string of the molecule is Cc1cc(C)c(C)c(S(=O)(=O)N2CCN(C(=O)C3CCCNC3)CC2)c1C.Cl. The zero-order valence-corrected chi connectivity index (χ0v) is 18.9. The third-order valence-corrected chi connectivity index (χ3v) is 8.26. The maximum atomic E-state index is 13.3. The van der Waals surface area contributed by atoms with Gasteiger partial charge in [-0.25, -0.2) is 8.42 Å². The van der Waals surface area contributed by atoms with Crippen LogP contribution in [-0.4, -0.2) is 62.8 Å². The third kappa shape index (κ3) is 4.37. The minimum Gasteiger partial charge on any atom is -0.340 e. The monoisotopic (exact) mass is 429 g/mol. The summed E-state index contributed by atoms with van der Waals surface area (Å²) in [6.45, 7) is 11.0. The molecule has 0 bridgehead atoms. The predicted molar refractivity (Wildman–Crippen MR) is 114 cm³/mol. The summed E-state index contributed by atoms with van der Waals surface area (Å²) in [5, 5.41) is 3.28. The number of rotatable bonds is 3. The van der Waals surface area contributed by atoms with Crippen molar-refractivity contribution in [2.45, 2.75) is 45.4 Å². The molecule has 2 aliphatic heterocycles. The van der Waals surface area contributed by atoms with Crippen molar-refractivity contribution in [3.05, 3.63) is 28.3 Å². The molecule has 158 valence electrons. The molecule has 28 heavy (non-hydrogen) atoms. The van der Waals surface area contributed by atoms with Gasteiger partial charge in [-0.15, -0.1) is 12.4 Å². The van der Waals surface area contributed by atoms with Gasteiger partial charge in [0.05, 0.1) is 10.8 Å². The van der Waals surface area contributed by atoms with Gasteiger partial charge in [0.15, 0.2) is 0 Å². The molecule has 0 aliphatic carbocycles. The van der Waals surface area contributed by atoms with E-state index in [1.807, 2.05) is 38.7 Å². The van der Waals surface area contributed by atoms with Crippen LogP contribution in [0, 0.1) is 33.6 Å². The number of nitrogens with one attached hydrogen (secondary N) is 1. The molecule has 2 fully saturated rings. The number of nitrogens with zero attached hydrogens (tertiary/aromatic N) is 2. The lowest BCUT2D eigenvalue weighted by Crippen LogP contribution is -2.53. The molecule has 1 atom stereocenters. The van der Waals surface area contributed by atoms with Gasteiger partial charge >= 0.3 is 0 Å². The Bertz CT molecular complexity index is 801. The Hall–Kier alpha value is -1.15. The molecule has 1 unspecified atom stereocenters. The van der Waals surface area contributed by atoms with Gasteiger partial charge in [-0.3, -0.25) is 4.79 Å². The van der Waals surface area contributed by atoms with Gasteiger partial charge < -0.3 is 10.2 Å². The van der Waals surface area contributed by atoms with Crippen LogP contribution in [0.25, 0.3) is 0 Å². The Morgan fingerprint density at radius 1 is 1.04 bits per heavy atom. The first kappa shape index (κ1) is 23.1. The van der Waals surface area contributed by atoms with E-state index in [0.717, 1.165) is 48.2 Å². The number of hydrogen-bond donors (Lipinski definition) is 1. The molecule has 0 aromatic heterocycles. The molecule has 2 heterocycles. The highest BCUT2D eigenvalue weighted by Gasteiger charge is 2.34. The van der Waals surface area contributed by atoms with Crippen LogP contribution in [0.3, 0.4) is 0 Å². The molecule has 1 amide bonds. The first-order valence-corrected chi connectivity index (χ1v) is 11.2. The lowest BCUT2D eigenvalue weighted by Gasteiger charge is -2.37. The number of piperidine rings is 1. The number of piperazine rings is 1. The summed E-state index contributed by atoms with van der Waals surface area (Å²) in [5.41, 5.74) is 3.64. The van der Waals surface area contributed by atoms with Crippen molar-refractivity contribution in [3.8, 4) is 0 Å². The van der Waals surface area contributed by atoms with Gasteiger partial charge in [-0.1, -0.05) is 6.07 Å². The van der Waals surface area contributed by atoms with E-state index in [0.29, 0.717) is 31.1 Å². The molecule has 6 nitrogen and oxygen atoms in total. The van der Waals surface area contributed by atoms with E-state index in [1.54, 1.807) is 4.31 Å². The fourth-order valence-corrected chi connectivity index (χ4v) is 6.16. The van der Waals surface area contributed by atoms with Crippen LogP contribution in [0.1, 0.15) is 35.1 Å². The Morgan fingerprint density at radius 2 is 1.61 bits per heavy atom. The molecule has 0 saturated carbocycles. The number of aryl methyl sites for hydroxylation is 2. The van der Waals surface area contributed by atoms with E-state index >= 15 is 0 Å². The fraction of sp³-hybridized carbons (Fsp3) is 0.650. The van der Waals surface area contributed by atoms with Crippen molar-refractivity contribution in [3.63, 3.8) is 0 Å². The molecule has 3 rings (SSSR count). The average Bonchev–Trinajstić information content (AvgIpc) is 2.66. The third-order valence-electron chi connectivity index (χ3n) is 6.09. The summed E-state index contributed by atoms with van der Waals surface area (Å²) in [7, 11) is -3.56. The van der Waals surface area contributed by atoms with Crippen LogP contribution in [0.4, 0.5) is 0 Å². The van der Waals surface area contributed by atoms with E-state index in [4.69, 9.17) is 0 Å². The number of sulfonamides is 1. The van der Waals surface area contributed by atoms with Crippen LogP contribution in [0.15, 0.2) is 11.0 Å². The second-order valence-corrected chi connectivity index (χ2v) is 9.74. The van der Waals surface area contributed by atoms with Crippen molar-refractivity contribution in [2.75, 3.05) is 39.3 Å². The zero-order valence-electron chi connectivity index (χ0n) is 17.2. The topological polar surface area (TPSA) is 69.7 Å². The highest BCUT2D eigenvalue weighted by Crippen LogP contribution is 2.29. The van der Waals surface area contributed by atoms with Crippen molar-refractivity contribution in [1.82, 2.24) is 14.5 Å². The first-order valence-electron chi connectivity index (χ1n) is 9.80. The van der Waals surface area contributed by atoms with E-state index in [9.17, 15) is 13.2 Å². The van der Waals surface area contributed by atoms with Gasteiger partial charge in [0, 0.05) is 32.7 Å². The lowest BCUT2D eigenvalue weighted by molar-refractivity contribution is -0.137. The van der Waals surface area contributed by atoms with E-state index in [2.05, 4.69) is 5.32 Å². The Labute approximate surface area is 175 Å². The second kappa shape index (κ2) is 9.11. The van der Waals surface area contributed by atoms with E-state index in [-0.39, 0.29) is 24.2 Å². The lowest BCUT2D eigenvalue weighted by atomic mass is 9.98.